The van der Waals surface area contributed by atoms with Crippen LogP contribution in [0.4, 0.5) is 0 Å². The Labute approximate surface area is 102 Å². The first-order valence-electron chi connectivity index (χ1n) is 5.63. The number of aryl methyl sites for hydroxylation is 1. The van der Waals surface area contributed by atoms with Gasteiger partial charge in [-0.05, 0) is 24.1 Å². The number of nitrogens with zero attached hydrogens (tertiary/aromatic N) is 1. The predicted octanol–water partition coefficient (Wildman–Crippen LogP) is 2.71. The fourth-order valence-electron chi connectivity index (χ4n) is 1.65. The molecule has 0 saturated heterocycles. The van der Waals surface area contributed by atoms with E-state index < -0.39 is 0 Å². The highest BCUT2D eigenvalue weighted by Gasteiger charge is 2.11. The van der Waals surface area contributed by atoms with Gasteiger partial charge in [0.25, 0.3) is 0 Å². The van der Waals surface area contributed by atoms with Crippen LogP contribution in [0.1, 0.15) is 24.6 Å². The third-order valence-corrected chi connectivity index (χ3v) is 2.69. The van der Waals surface area contributed by atoms with Gasteiger partial charge in [-0.1, -0.05) is 19.6 Å². The second-order valence-electron chi connectivity index (χ2n) is 3.78. The summed E-state index contributed by atoms with van der Waals surface area (Å²) in [5, 5.41) is 9.43. The number of aromatic nitrogens is 1. The molecule has 0 aliphatic rings. The lowest BCUT2D eigenvalue weighted by Crippen LogP contribution is -2.01. The van der Waals surface area contributed by atoms with Crippen molar-refractivity contribution in [3.63, 3.8) is 0 Å². The van der Waals surface area contributed by atoms with Gasteiger partial charge in [-0.25, -0.2) is 0 Å². The number of hydrogen-bond donors (Lipinski definition) is 1. The van der Waals surface area contributed by atoms with Gasteiger partial charge in [0, 0.05) is 23.9 Å². The summed E-state index contributed by atoms with van der Waals surface area (Å²) in [6.07, 6.45) is 2.49. The molecule has 17 heavy (non-hydrogen) atoms. The van der Waals surface area contributed by atoms with Crippen molar-refractivity contribution in [1.82, 2.24) is 4.98 Å². The second kappa shape index (κ2) is 6.21. The molecule has 1 heterocycles. The van der Waals surface area contributed by atoms with Crippen molar-refractivity contribution < 1.29 is 9.84 Å². The molecule has 1 rings (SSSR count). The van der Waals surface area contributed by atoms with Gasteiger partial charge in [-0.15, -0.1) is 0 Å². The molecule has 1 aromatic rings. The van der Waals surface area contributed by atoms with Crippen molar-refractivity contribution in [3.05, 3.63) is 47.5 Å². The van der Waals surface area contributed by atoms with Crippen LogP contribution in [-0.2, 0) is 4.74 Å². The zero-order chi connectivity index (χ0) is 12.8. The molecule has 0 radical (unpaired) electrons. The SMILES string of the molecule is C=C(/C(CO)=C(/CC)OC)c1ccc(C)nc1. The van der Waals surface area contributed by atoms with Crippen LogP contribution in [0.3, 0.4) is 0 Å². The van der Waals surface area contributed by atoms with Gasteiger partial charge < -0.3 is 9.84 Å². The van der Waals surface area contributed by atoms with Crippen LogP contribution in [0.2, 0.25) is 0 Å². The molecular weight excluding hydrogens is 214 g/mol. The summed E-state index contributed by atoms with van der Waals surface area (Å²) in [7, 11) is 1.61. The third kappa shape index (κ3) is 3.17. The standard InChI is InChI=1S/C14H19NO2/c1-5-14(17-4)13(9-16)11(3)12-7-6-10(2)15-8-12/h6-8,16H,3,5,9H2,1-2,4H3/b14-13-. The molecule has 0 aliphatic heterocycles. The molecule has 0 aromatic carbocycles. The Morgan fingerprint density at radius 2 is 2.18 bits per heavy atom. The smallest absolute Gasteiger partial charge is 0.101 e. The average molecular weight is 233 g/mol. The van der Waals surface area contributed by atoms with Gasteiger partial charge >= 0.3 is 0 Å². The van der Waals surface area contributed by atoms with E-state index in [2.05, 4.69) is 11.6 Å². The van der Waals surface area contributed by atoms with E-state index in [-0.39, 0.29) is 6.61 Å². The maximum atomic E-state index is 9.43. The molecule has 0 bridgehead atoms. The molecule has 92 valence electrons. The highest BCUT2D eigenvalue weighted by Crippen LogP contribution is 2.24. The molecule has 3 nitrogen and oxygen atoms in total. The molecule has 1 N–H and O–H groups in total. The number of hydrogen-bond acceptors (Lipinski definition) is 3. The summed E-state index contributed by atoms with van der Waals surface area (Å²) in [4.78, 5) is 4.22. The van der Waals surface area contributed by atoms with Crippen LogP contribution in [-0.4, -0.2) is 23.8 Å². The zero-order valence-corrected chi connectivity index (χ0v) is 10.7. The van der Waals surface area contributed by atoms with Crippen LogP contribution in [0.5, 0.6) is 0 Å². The second-order valence-corrected chi connectivity index (χ2v) is 3.78. The number of rotatable bonds is 5. The highest BCUT2D eigenvalue weighted by molar-refractivity contribution is 5.77. The lowest BCUT2D eigenvalue weighted by Gasteiger charge is -2.13. The van der Waals surface area contributed by atoms with Crippen LogP contribution in [0, 0.1) is 6.92 Å². The number of allylic oxidation sites excluding steroid dienone is 1. The monoisotopic (exact) mass is 233 g/mol. The van der Waals surface area contributed by atoms with Crippen LogP contribution in [0.15, 0.2) is 36.2 Å². The predicted molar refractivity (Wildman–Crippen MR) is 69.4 cm³/mol. The first kappa shape index (κ1) is 13.5. The quantitative estimate of drug-likeness (QED) is 0.628. The topological polar surface area (TPSA) is 42.4 Å². The molecule has 0 fully saturated rings. The normalized spacial score (nSPS) is 12.0. The van der Waals surface area contributed by atoms with Gasteiger partial charge in [-0.3, -0.25) is 4.98 Å². The summed E-state index contributed by atoms with van der Waals surface area (Å²) in [6.45, 7) is 7.84. The fourth-order valence-corrected chi connectivity index (χ4v) is 1.65. The summed E-state index contributed by atoms with van der Waals surface area (Å²) in [5.74, 6) is 0.762. The molecule has 0 aliphatic carbocycles. The fraction of sp³-hybridized carbons (Fsp3) is 0.357. The van der Waals surface area contributed by atoms with Gasteiger partial charge in [-0.2, -0.15) is 0 Å². The molecule has 0 unspecified atom stereocenters. The van der Waals surface area contributed by atoms with E-state index in [1.54, 1.807) is 13.3 Å². The van der Waals surface area contributed by atoms with Crippen LogP contribution in [0.25, 0.3) is 5.57 Å². The molecular formula is C14H19NO2. The first-order chi connectivity index (χ1) is 8.13. The van der Waals surface area contributed by atoms with E-state index in [0.717, 1.165) is 34.6 Å². The van der Waals surface area contributed by atoms with E-state index in [1.807, 2.05) is 26.0 Å². The molecule has 1 aromatic heterocycles. The number of methoxy groups -OCH3 is 1. The third-order valence-electron chi connectivity index (χ3n) is 2.69. The Morgan fingerprint density at radius 1 is 1.47 bits per heavy atom. The Hall–Kier alpha value is -1.61. The Morgan fingerprint density at radius 3 is 2.59 bits per heavy atom. The largest absolute Gasteiger partial charge is 0.501 e. The van der Waals surface area contributed by atoms with Gasteiger partial charge in [0.15, 0.2) is 0 Å². The summed E-state index contributed by atoms with van der Waals surface area (Å²) >= 11 is 0. The lowest BCUT2D eigenvalue weighted by molar-refractivity contribution is 0.263. The van der Waals surface area contributed by atoms with Gasteiger partial charge in [0.1, 0.15) is 5.76 Å². The average Bonchev–Trinajstić information content (AvgIpc) is 2.36. The minimum atomic E-state index is -0.0796. The molecule has 0 amide bonds. The lowest BCUT2D eigenvalue weighted by atomic mass is 9.99. The summed E-state index contributed by atoms with van der Waals surface area (Å²) in [6, 6.07) is 3.87. The van der Waals surface area contributed by atoms with E-state index in [4.69, 9.17) is 4.74 Å². The Balaban J connectivity index is 3.10. The highest BCUT2D eigenvalue weighted by atomic mass is 16.5. The Kier molecular flexibility index (Phi) is 4.91. The molecule has 0 spiro atoms. The van der Waals surface area contributed by atoms with E-state index >= 15 is 0 Å². The first-order valence-corrected chi connectivity index (χ1v) is 5.63. The maximum absolute atomic E-state index is 9.43. The molecule has 0 atom stereocenters. The molecule has 0 saturated carbocycles. The van der Waals surface area contributed by atoms with Crippen molar-refractivity contribution >= 4 is 5.57 Å². The minimum absolute atomic E-state index is 0.0796. The van der Waals surface area contributed by atoms with E-state index in [9.17, 15) is 5.11 Å². The zero-order valence-electron chi connectivity index (χ0n) is 10.7. The summed E-state index contributed by atoms with van der Waals surface area (Å²) in [5.41, 5.74) is 3.36. The number of aliphatic hydroxyl groups excluding tert-OH is 1. The summed E-state index contributed by atoms with van der Waals surface area (Å²) < 4.78 is 5.26. The minimum Gasteiger partial charge on any atom is -0.501 e. The van der Waals surface area contributed by atoms with E-state index in [0.29, 0.717) is 0 Å². The van der Waals surface area contributed by atoms with Crippen molar-refractivity contribution in [2.45, 2.75) is 20.3 Å². The number of ether oxygens (including phenoxy) is 1. The Bertz CT molecular complexity index is 412. The van der Waals surface area contributed by atoms with E-state index in [1.165, 1.54) is 0 Å². The van der Waals surface area contributed by atoms with Crippen molar-refractivity contribution in [3.8, 4) is 0 Å². The number of aliphatic hydroxyl groups is 1. The van der Waals surface area contributed by atoms with Crippen molar-refractivity contribution in [2.24, 2.45) is 0 Å². The van der Waals surface area contributed by atoms with Crippen LogP contribution >= 0.6 is 0 Å². The molecule has 3 heteroatoms. The maximum Gasteiger partial charge on any atom is 0.101 e. The van der Waals surface area contributed by atoms with Gasteiger partial charge in [0.2, 0.25) is 0 Å². The van der Waals surface area contributed by atoms with Crippen LogP contribution < -0.4 is 0 Å². The number of pyridine rings is 1. The van der Waals surface area contributed by atoms with Crippen molar-refractivity contribution in [2.75, 3.05) is 13.7 Å². The van der Waals surface area contributed by atoms with Gasteiger partial charge in [0.05, 0.1) is 13.7 Å². The van der Waals surface area contributed by atoms with Crippen molar-refractivity contribution in [1.29, 1.82) is 0 Å².